The molecule has 0 bridgehead atoms. The number of aryl methyl sites for hydroxylation is 1. The van der Waals surface area contributed by atoms with Gasteiger partial charge in [0, 0.05) is 11.9 Å². The lowest BCUT2D eigenvalue weighted by Gasteiger charge is -2.11. The Hall–Kier alpha value is -0.940. The molecule has 0 radical (unpaired) electrons. The van der Waals surface area contributed by atoms with Crippen LogP contribution in [0.1, 0.15) is 30.5 Å². The Morgan fingerprint density at radius 3 is 3.00 bits per heavy atom. The third kappa shape index (κ3) is 4.72. The summed E-state index contributed by atoms with van der Waals surface area (Å²) in [5.74, 6) is -0.802. The second-order valence-corrected chi connectivity index (χ2v) is 4.84. The van der Waals surface area contributed by atoms with E-state index in [-0.39, 0.29) is 6.54 Å². The number of aromatic nitrogens is 1. The molecule has 0 aromatic carbocycles. The lowest BCUT2D eigenvalue weighted by molar-refractivity contribution is -0.138. The molecular weight excluding hydrogens is 224 g/mol. The maximum Gasteiger partial charge on any atom is 0.317 e. The van der Waals surface area contributed by atoms with Crippen LogP contribution in [0, 0.1) is 0 Å². The first kappa shape index (κ1) is 13.1. The molecule has 0 aliphatic heterocycles. The van der Waals surface area contributed by atoms with Crippen molar-refractivity contribution in [1.82, 2.24) is 9.88 Å². The van der Waals surface area contributed by atoms with E-state index in [0.717, 1.165) is 23.5 Å². The fourth-order valence-electron chi connectivity index (χ4n) is 1.43. The molecule has 0 aliphatic carbocycles. The van der Waals surface area contributed by atoms with Crippen LogP contribution in [0.2, 0.25) is 0 Å². The van der Waals surface area contributed by atoms with Gasteiger partial charge in [0.1, 0.15) is 0 Å². The van der Waals surface area contributed by atoms with E-state index in [1.165, 1.54) is 6.42 Å². The fraction of sp³-hybridized carbons (Fsp3) is 0.636. The number of hydrogen-bond donors (Lipinski definition) is 1. The Labute approximate surface area is 99.9 Å². The maximum atomic E-state index is 10.5. The van der Waals surface area contributed by atoms with Gasteiger partial charge in [0.15, 0.2) is 0 Å². The van der Waals surface area contributed by atoms with Crippen molar-refractivity contribution in [3.63, 3.8) is 0 Å². The van der Waals surface area contributed by atoms with Crippen molar-refractivity contribution in [2.75, 3.05) is 13.6 Å². The van der Waals surface area contributed by atoms with Crippen LogP contribution < -0.4 is 0 Å². The van der Waals surface area contributed by atoms with E-state index in [9.17, 15) is 4.79 Å². The molecule has 1 aromatic rings. The second-order valence-electron chi connectivity index (χ2n) is 3.90. The van der Waals surface area contributed by atoms with E-state index in [0.29, 0.717) is 6.54 Å². The molecule has 0 saturated carbocycles. The first-order valence-electron chi connectivity index (χ1n) is 5.45. The minimum atomic E-state index is -0.802. The van der Waals surface area contributed by atoms with Crippen molar-refractivity contribution >= 4 is 17.3 Å². The number of likely N-dealkylation sites (N-methyl/N-ethyl adjacent to an activating group) is 1. The summed E-state index contributed by atoms with van der Waals surface area (Å²) in [6, 6.07) is 0. The van der Waals surface area contributed by atoms with Crippen molar-refractivity contribution in [1.29, 1.82) is 0 Å². The van der Waals surface area contributed by atoms with Gasteiger partial charge in [0.05, 0.1) is 17.2 Å². The van der Waals surface area contributed by atoms with Crippen LogP contribution in [0.25, 0.3) is 0 Å². The van der Waals surface area contributed by atoms with Gasteiger partial charge >= 0.3 is 5.97 Å². The summed E-state index contributed by atoms with van der Waals surface area (Å²) >= 11 is 1.67. The molecule has 90 valence electrons. The molecule has 16 heavy (non-hydrogen) atoms. The Morgan fingerprint density at radius 1 is 1.62 bits per heavy atom. The zero-order valence-electron chi connectivity index (χ0n) is 9.77. The lowest BCUT2D eigenvalue weighted by atomic mass is 10.3. The summed E-state index contributed by atoms with van der Waals surface area (Å²) in [6.07, 6.45) is 3.37. The number of unbranched alkanes of at least 4 members (excludes halogenated alkanes) is 1. The number of hydrogen-bond acceptors (Lipinski definition) is 4. The molecule has 0 spiro atoms. The summed E-state index contributed by atoms with van der Waals surface area (Å²) in [5.41, 5.74) is 0.972. The zero-order valence-corrected chi connectivity index (χ0v) is 10.6. The number of thiazole rings is 1. The molecule has 4 nitrogen and oxygen atoms in total. The summed E-state index contributed by atoms with van der Waals surface area (Å²) in [5, 5.41) is 11.8. The van der Waals surface area contributed by atoms with E-state index < -0.39 is 5.97 Å². The van der Waals surface area contributed by atoms with E-state index in [1.54, 1.807) is 23.3 Å². The number of rotatable bonds is 7. The van der Waals surface area contributed by atoms with Gasteiger partial charge in [-0.3, -0.25) is 9.69 Å². The molecule has 5 heteroatoms. The average molecular weight is 242 g/mol. The van der Waals surface area contributed by atoms with E-state index >= 15 is 0 Å². The van der Waals surface area contributed by atoms with Crippen LogP contribution in [0.4, 0.5) is 0 Å². The monoisotopic (exact) mass is 242 g/mol. The number of aliphatic carboxylic acids is 1. The van der Waals surface area contributed by atoms with Gasteiger partial charge in [-0.2, -0.15) is 0 Å². The predicted molar refractivity (Wildman–Crippen MR) is 64.7 cm³/mol. The summed E-state index contributed by atoms with van der Waals surface area (Å²) in [4.78, 5) is 16.7. The first-order valence-corrected chi connectivity index (χ1v) is 6.33. The van der Waals surface area contributed by atoms with Crippen LogP contribution in [0.5, 0.6) is 0 Å². The molecule has 0 saturated heterocycles. The highest BCUT2D eigenvalue weighted by Crippen LogP contribution is 2.13. The number of carboxylic acids is 1. The Kier molecular flexibility index (Phi) is 5.42. The molecule has 0 fully saturated rings. The van der Waals surface area contributed by atoms with Crippen molar-refractivity contribution in [3.8, 4) is 0 Å². The van der Waals surface area contributed by atoms with Gasteiger partial charge in [-0.05, 0) is 19.9 Å². The van der Waals surface area contributed by atoms with Gasteiger partial charge in [-0.15, -0.1) is 11.3 Å². The molecular formula is C11H18N2O2S. The zero-order chi connectivity index (χ0) is 12.0. The fourth-order valence-corrected chi connectivity index (χ4v) is 2.26. The third-order valence-corrected chi connectivity index (χ3v) is 3.14. The third-order valence-electron chi connectivity index (χ3n) is 2.18. The Bertz CT molecular complexity index is 338. The molecule has 1 heterocycles. The van der Waals surface area contributed by atoms with Crippen molar-refractivity contribution in [3.05, 3.63) is 16.1 Å². The van der Waals surface area contributed by atoms with Crippen LogP contribution >= 0.6 is 11.3 Å². The second kappa shape index (κ2) is 6.60. The Balaban J connectivity index is 2.42. The Morgan fingerprint density at radius 2 is 2.38 bits per heavy atom. The maximum absolute atomic E-state index is 10.5. The SMILES string of the molecule is CCCCc1nc(CN(C)CC(=O)O)cs1. The smallest absolute Gasteiger partial charge is 0.317 e. The van der Waals surface area contributed by atoms with Crippen molar-refractivity contribution < 1.29 is 9.90 Å². The molecule has 0 amide bonds. The van der Waals surface area contributed by atoms with Gasteiger partial charge in [0.2, 0.25) is 0 Å². The highest BCUT2D eigenvalue weighted by Gasteiger charge is 2.07. The molecule has 0 atom stereocenters. The number of carboxylic acid groups (broad SMARTS) is 1. The molecule has 1 aromatic heterocycles. The number of nitrogens with zero attached hydrogens (tertiary/aromatic N) is 2. The molecule has 1 N–H and O–H groups in total. The van der Waals surface area contributed by atoms with Gasteiger partial charge in [-0.25, -0.2) is 4.98 Å². The lowest BCUT2D eigenvalue weighted by Crippen LogP contribution is -2.25. The molecule has 0 aliphatic rings. The number of carbonyl (C=O) groups is 1. The highest BCUT2D eigenvalue weighted by atomic mass is 32.1. The molecule has 1 rings (SSSR count). The van der Waals surface area contributed by atoms with Crippen LogP contribution in [-0.4, -0.2) is 34.6 Å². The van der Waals surface area contributed by atoms with Crippen LogP contribution in [0.3, 0.4) is 0 Å². The quantitative estimate of drug-likeness (QED) is 0.794. The standard InChI is InChI=1S/C11H18N2O2S/c1-3-4-5-10-12-9(8-16-10)6-13(2)7-11(14)15/h8H,3-7H2,1-2H3,(H,14,15). The summed E-state index contributed by atoms with van der Waals surface area (Å²) < 4.78 is 0. The summed E-state index contributed by atoms with van der Waals surface area (Å²) in [6.45, 7) is 2.83. The van der Waals surface area contributed by atoms with Gasteiger partial charge < -0.3 is 5.11 Å². The van der Waals surface area contributed by atoms with Crippen LogP contribution in [-0.2, 0) is 17.8 Å². The molecule has 0 unspecified atom stereocenters. The summed E-state index contributed by atoms with van der Waals surface area (Å²) in [7, 11) is 1.79. The average Bonchev–Trinajstić information content (AvgIpc) is 2.61. The topological polar surface area (TPSA) is 53.4 Å². The largest absolute Gasteiger partial charge is 0.480 e. The van der Waals surface area contributed by atoms with Gasteiger partial charge in [-0.1, -0.05) is 13.3 Å². The predicted octanol–water partition coefficient (Wildman–Crippen LogP) is 2.00. The van der Waals surface area contributed by atoms with Crippen molar-refractivity contribution in [2.24, 2.45) is 0 Å². The van der Waals surface area contributed by atoms with Gasteiger partial charge in [0.25, 0.3) is 0 Å². The van der Waals surface area contributed by atoms with E-state index in [2.05, 4.69) is 11.9 Å². The van der Waals surface area contributed by atoms with E-state index in [1.807, 2.05) is 5.38 Å². The highest BCUT2D eigenvalue weighted by molar-refractivity contribution is 7.09. The minimum Gasteiger partial charge on any atom is -0.480 e. The van der Waals surface area contributed by atoms with Crippen molar-refractivity contribution in [2.45, 2.75) is 32.7 Å². The normalized spacial score (nSPS) is 10.9. The van der Waals surface area contributed by atoms with Crippen LogP contribution in [0.15, 0.2) is 5.38 Å². The van der Waals surface area contributed by atoms with E-state index in [4.69, 9.17) is 5.11 Å². The minimum absolute atomic E-state index is 0.0574. The first-order chi connectivity index (χ1) is 7.61.